The zero-order valence-corrected chi connectivity index (χ0v) is 14.6. The summed E-state index contributed by atoms with van der Waals surface area (Å²) in [4.78, 5) is 36.5. The Morgan fingerprint density at radius 2 is 1.88 bits per heavy atom. The van der Waals surface area contributed by atoms with Gasteiger partial charge in [-0.05, 0) is 12.1 Å². The third kappa shape index (κ3) is 4.17. The number of furan rings is 1. The molecule has 9 nitrogen and oxygen atoms in total. The molecule has 0 radical (unpaired) electrons. The molecule has 2 aromatic heterocycles. The van der Waals surface area contributed by atoms with Crippen molar-refractivity contribution in [2.75, 3.05) is 51.8 Å². The van der Waals surface area contributed by atoms with Gasteiger partial charge in [-0.25, -0.2) is 9.97 Å². The molecule has 1 aliphatic heterocycles. The highest BCUT2D eigenvalue weighted by Crippen LogP contribution is 2.11. The van der Waals surface area contributed by atoms with Crippen LogP contribution >= 0.6 is 0 Å². The van der Waals surface area contributed by atoms with Crippen LogP contribution in [0.5, 0.6) is 0 Å². The maximum absolute atomic E-state index is 12.5. The number of carbonyl (C=O) groups is 2. The van der Waals surface area contributed by atoms with E-state index in [1.807, 2.05) is 0 Å². The van der Waals surface area contributed by atoms with Gasteiger partial charge in [0.1, 0.15) is 11.5 Å². The molecule has 1 N–H and O–H groups in total. The van der Waals surface area contributed by atoms with Gasteiger partial charge in [-0.15, -0.1) is 0 Å². The first-order valence-electron chi connectivity index (χ1n) is 8.36. The van der Waals surface area contributed by atoms with Crippen LogP contribution in [0, 0.1) is 0 Å². The summed E-state index contributed by atoms with van der Waals surface area (Å²) in [5.41, 5.74) is 0.285. The summed E-state index contributed by atoms with van der Waals surface area (Å²) in [7, 11) is 1.62. The summed E-state index contributed by atoms with van der Waals surface area (Å²) >= 11 is 0. The van der Waals surface area contributed by atoms with Gasteiger partial charge in [0.2, 0.25) is 0 Å². The highest BCUT2D eigenvalue weighted by molar-refractivity contribution is 5.93. The SMILES string of the molecule is COCCNc1cnc(C(=O)N2CCN(C(=O)c3ccco3)CC2)cn1. The fourth-order valence-electron chi connectivity index (χ4n) is 2.64. The largest absolute Gasteiger partial charge is 0.459 e. The Morgan fingerprint density at radius 3 is 2.46 bits per heavy atom. The van der Waals surface area contributed by atoms with E-state index >= 15 is 0 Å². The predicted octanol–water partition coefficient (Wildman–Crippen LogP) is 0.726. The van der Waals surface area contributed by atoms with E-state index in [0.717, 1.165) is 0 Å². The molecule has 1 fully saturated rings. The zero-order valence-electron chi connectivity index (χ0n) is 14.6. The molecule has 2 aromatic rings. The van der Waals surface area contributed by atoms with Crippen LogP contribution in [0.25, 0.3) is 0 Å². The van der Waals surface area contributed by atoms with Gasteiger partial charge in [0, 0.05) is 39.8 Å². The molecular weight excluding hydrogens is 338 g/mol. The number of hydrogen-bond acceptors (Lipinski definition) is 7. The van der Waals surface area contributed by atoms with Gasteiger partial charge in [0.05, 0.1) is 25.3 Å². The first kappa shape index (κ1) is 17.9. The maximum atomic E-state index is 12.5. The second-order valence-electron chi connectivity index (χ2n) is 5.77. The Labute approximate surface area is 151 Å². The summed E-state index contributed by atoms with van der Waals surface area (Å²) < 4.78 is 10.1. The number of ether oxygens (including phenoxy) is 1. The highest BCUT2D eigenvalue weighted by atomic mass is 16.5. The average Bonchev–Trinajstić information content (AvgIpc) is 3.23. The van der Waals surface area contributed by atoms with Gasteiger partial charge in [-0.3, -0.25) is 9.59 Å². The number of aromatic nitrogens is 2. The van der Waals surface area contributed by atoms with Crippen LogP contribution in [0.4, 0.5) is 5.82 Å². The molecule has 0 spiro atoms. The predicted molar refractivity (Wildman–Crippen MR) is 92.9 cm³/mol. The van der Waals surface area contributed by atoms with E-state index in [4.69, 9.17) is 9.15 Å². The van der Waals surface area contributed by atoms with Gasteiger partial charge >= 0.3 is 0 Å². The Kier molecular flexibility index (Phi) is 5.80. The number of carbonyl (C=O) groups excluding carboxylic acids is 2. The van der Waals surface area contributed by atoms with Crippen molar-refractivity contribution in [2.24, 2.45) is 0 Å². The second-order valence-corrected chi connectivity index (χ2v) is 5.77. The van der Waals surface area contributed by atoms with Crippen LogP contribution < -0.4 is 5.32 Å². The van der Waals surface area contributed by atoms with E-state index in [0.29, 0.717) is 50.9 Å². The van der Waals surface area contributed by atoms with Crippen molar-refractivity contribution in [3.05, 3.63) is 42.2 Å². The van der Waals surface area contributed by atoms with E-state index in [-0.39, 0.29) is 17.5 Å². The monoisotopic (exact) mass is 359 g/mol. The standard InChI is InChI=1S/C17H21N5O4/c1-25-10-4-18-15-12-19-13(11-20-15)16(23)21-5-7-22(8-6-21)17(24)14-3-2-9-26-14/h2-3,9,11-12H,4-8,10H2,1H3,(H,18,20). The molecule has 3 heterocycles. The number of hydrogen-bond donors (Lipinski definition) is 1. The number of anilines is 1. The lowest BCUT2D eigenvalue weighted by Crippen LogP contribution is -2.50. The first-order valence-corrected chi connectivity index (χ1v) is 8.36. The van der Waals surface area contributed by atoms with Gasteiger partial charge in [-0.2, -0.15) is 0 Å². The molecule has 2 amide bonds. The van der Waals surface area contributed by atoms with Crippen molar-refractivity contribution in [1.82, 2.24) is 19.8 Å². The van der Waals surface area contributed by atoms with E-state index in [1.54, 1.807) is 29.0 Å². The van der Waals surface area contributed by atoms with Crippen molar-refractivity contribution < 1.29 is 18.7 Å². The summed E-state index contributed by atoms with van der Waals surface area (Å²) in [6.07, 6.45) is 4.46. The molecule has 0 bridgehead atoms. The Hall–Kier alpha value is -2.94. The number of methoxy groups -OCH3 is 1. The third-order valence-electron chi connectivity index (χ3n) is 4.07. The minimum absolute atomic E-state index is 0.159. The van der Waals surface area contributed by atoms with Gasteiger partial charge in [-0.1, -0.05) is 0 Å². The molecule has 26 heavy (non-hydrogen) atoms. The van der Waals surface area contributed by atoms with Crippen molar-refractivity contribution in [3.63, 3.8) is 0 Å². The van der Waals surface area contributed by atoms with E-state index < -0.39 is 0 Å². The van der Waals surface area contributed by atoms with E-state index in [2.05, 4.69) is 15.3 Å². The van der Waals surface area contributed by atoms with Crippen molar-refractivity contribution in [3.8, 4) is 0 Å². The van der Waals surface area contributed by atoms with Crippen LogP contribution in [0.1, 0.15) is 21.0 Å². The van der Waals surface area contributed by atoms with Crippen LogP contribution in [0.15, 0.2) is 35.2 Å². The molecule has 9 heteroatoms. The molecule has 0 saturated carbocycles. The summed E-state index contributed by atoms with van der Waals surface area (Å²) in [6.45, 7) is 2.97. The molecule has 0 unspecified atom stereocenters. The molecule has 138 valence electrons. The van der Waals surface area contributed by atoms with Crippen molar-refractivity contribution in [2.45, 2.75) is 0 Å². The highest BCUT2D eigenvalue weighted by Gasteiger charge is 2.27. The average molecular weight is 359 g/mol. The summed E-state index contributed by atoms with van der Waals surface area (Å²) in [5.74, 6) is 0.555. The third-order valence-corrected chi connectivity index (χ3v) is 4.07. The molecule has 3 rings (SSSR count). The molecular formula is C17H21N5O4. The Balaban J connectivity index is 1.52. The topological polar surface area (TPSA) is 101 Å². The normalized spacial score (nSPS) is 14.3. The lowest BCUT2D eigenvalue weighted by Gasteiger charge is -2.34. The summed E-state index contributed by atoms with van der Waals surface area (Å²) in [5, 5.41) is 3.05. The van der Waals surface area contributed by atoms with E-state index in [9.17, 15) is 9.59 Å². The van der Waals surface area contributed by atoms with Gasteiger partial charge in [0.15, 0.2) is 5.76 Å². The molecule has 0 aromatic carbocycles. The minimum atomic E-state index is -0.189. The number of nitrogens with one attached hydrogen (secondary N) is 1. The van der Waals surface area contributed by atoms with E-state index in [1.165, 1.54) is 18.7 Å². The van der Waals surface area contributed by atoms with Crippen molar-refractivity contribution >= 4 is 17.6 Å². The van der Waals surface area contributed by atoms with Crippen LogP contribution in [-0.2, 0) is 4.74 Å². The zero-order chi connectivity index (χ0) is 18.4. The Bertz CT molecular complexity index is 724. The fourth-order valence-corrected chi connectivity index (χ4v) is 2.64. The second kappa shape index (κ2) is 8.43. The lowest BCUT2D eigenvalue weighted by molar-refractivity contribution is 0.0515. The summed E-state index contributed by atoms with van der Waals surface area (Å²) in [6, 6.07) is 3.32. The quantitative estimate of drug-likeness (QED) is 0.759. The molecule has 1 aliphatic rings. The fraction of sp³-hybridized carbons (Fsp3) is 0.412. The molecule has 0 atom stereocenters. The first-order chi connectivity index (χ1) is 12.7. The van der Waals surface area contributed by atoms with Gasteiger partial charge < -0.3 is 24.3 Å². The number of amides is 2. The number of piperazine rings is 1. The number of nitrogens with zero attached hydrogens (tertiary/aromatic N) is 4. The van der Waals surface area contributed by atoms with Crippen molar-refractivity contribution in [1.29, 1.82) is 0 Å². The van der Waals surface area contributed by atoms with Crippen LogP contribution in [-0.4, -0.2) is 78.0 Å². The van der Waals surface area contributed by atoms with Crippen LogP contribution in [0.3, 0.4) is 0 Å². The minimum Gasteiger partial charge on any atom is -0.459 e. The lowest BCUT2D eigenvalue weighted by atomic mass is 10.2. The Morgan fingerprint density at radius 1 is 1.15 bits per heavy atom. The molecule has 0 aliphatic carbocycles. The van der Waals surface area contributed by atoms with Gasteiger partial charge in [0.25, 0.3) is 11.8 Å². The molecule has 1 saturated heterocycles. The number of rotatable bonds is 6. The smallest absolute Gasteiger partial charge is 0.289 e. The van der Waals surface area contributed by atoms with Crippen LogP contribution in [0.2, 0.25) is 0 Å². The maximum Gasteiger partial charge on any atom is 0.289 e.